The fourth-order valence-electron chi connectivity index (χ4n) is 2.36. The second kappa shape index (κ2) is 7.49. The molecule has 0 bridgehead atoms. The Morgan fingerprint density at radius 2 is 1.55 bits per heavy atom. The highest BCUT2D eigenvalue weighted by molar-refractivity contribution is 14.1. The summed E-state index contributed by atoms with van der Waals surface area (Å²) in [7, 11) is 0. The van der Waals surface area contributed by atoms with Crippen molar-refractivity contribution >= 4 is 22.6 Å². The molecule has 2 aromatic rings. The number of ether oxygens (including phenoxy) is 1. The maximum Gasteiger partial charge on any atom is 0.132 e. The Morgan fingerprint density at radius 1 is 0.909 bits per heavy atom. The van der Waals surface area contributed by atoms with Crippen molar-refractivity contribution in [3.63, 3.8) is 0 Å². The monoisotopic (exact) mass is 403 g/mol. The highest BCUT2D eigenvalue weighted by atomic mass is 127. The van der Waals surface area contributed by atoms with Crippen LogP contribution in [0.1, 0.15) is 11.1 Å². The van der Waals surface area contributed by atoms with Gasteiger partial charge in [0.2, 0.25) is 0 Å². The van der Waals surface area contributed by atoms with Crippen molar-refractivity contribution in [2.75, 3.05) is 6.54 Å². The van der Waals surface area contributed by atoms with Gasteiger partial charge in [0.1, 0.15) is 12.4 Å². The van der Waals surface area contributed by atoms with Crippen molar-refractivity contribution in [3.05, 3.63) is 93.4 Å². The molecule has 0 N–H and O–H groups in total. The molecule has 0 aromatic heterocycles. The Hall–Kier alpha value is -1.75. The van der Waals surface area contributed by atoms with Crippen LogP contribution in [0.4, 0.5) is 0 Å². The Morgan fingerprint density at radius 3 is 2.18 bits per heavy atom. The topological polar surface area (TPSA) is 12.5 Å². The van der Waals surface area contributed by atoms with Crippen LogP contribution in [-0.4, -0.2) is 11.4 Å². The number of nitrogens with zero attached hydrogens (tertiary/aromatic N) is 1. The van der Waals surface area contributed by atoms with Crippen LogP contribution >= 0.6 is 22.6 Å². The van der Waals surface area contributed by atoms with Crippen LogP contribution < -0.4 is 0 Å². The highest BCUT2D eigenvalue weighted by Gasteiger charge is 2.13. The molecular weight excluding hydrogens is 385 g/mol. The average Bonchev–Trinajstić information content (AvgIpc) is 2.56. The first-order valence-electron chi connectivity index (χ1n) is 7.33. The van der Waals surface area contributed by atoms with Crippen LogP contribution in [0.2, 0.25) is 0 Å². The van der Waals surface area contributed by atoms with Crippen LogP contribution in [0.15, 0.2) is 82.3 Å². The minimum absolute atomic E-state index is 0.617. The summed E-state index contributed by atoms with van der Waals surface area (Å²) in [6.45, 7) is 2.44. The van der Waals surface area contributed by atoms with E-state index in [9.17, 15) is 0 Å². The molecule has 112 valence electrons. The molecule has 0 spiro atoms. The average molecular weight is 403 g/mol. The predicted octanol–water partition coefficient (Wildman–Crippen LogP) is 4.88. The lowest BCUT2D eigenvalue weighted by Crippen LogP contribution is -2.22. The summed E-state index contributed by atoms with van der Waals surface area (Å²) in [6, 6.07) is 20.8. The van der Waals surface area contributed by atoms with Gasteiger partial charge in [0.25, 0.3) is 0 Å². The minimum atomic E-state index is 0.617. The maximum absolute atomic E-state index is 5.94. The Kier molecular flexibility index (Phi) is 5.16. The van der Waals surface area contributed by atoms with Crippen molar-refractivity contribution in [2.24, 2.45) is 0 Å². The van der Waals surface area contributed by atoms with Crippen LogP contribution in [0.5, 0.6) is 0 Å². The third-order valence-electron chi connectivity index (χ3n) is 3.51. The Balaban J connectivity index is 1.57. The van der Waals surface area contributed by atoms with Crippen molar-refractivity contribution in [3.8, 4) is 0 Å². The largest absolute Gasteiger partial charge is 0.488 e. The van der Waals surface area contributed by atoms with Gasteiger partial charge in [-0.05, 0) is 39.8 Å². The minimum Gasteiger partial charge on any atom is -0.488 e. The molecule has 0 unspecified atom stereocenters. The van der Waals surface area contributed by atoms with Crippen LogP contribution in [0.25, 0.3) is 0 Å². The lowest BCUT2D eigenvalue weighted by molar-refractivity contribution is 0.204. The van der Waals surface area contributed by atoms with E-state index in [1.165, 1.54) is 14.7 Å². The number of hydrogen-bond acceptors (Lipinski definition) is 2. The molecule has 1 aliphatic rings. The van der Waals surface area contributed by atoms with E-state index in [0.717, 1.165) is 18.8 Å². The van der Waals surface area contributed by atoms with Crippen molar-refractivity contribution < 1.29 is 4.74 Å². The molecule has 0 atom stereocenters. The van der Waals surface area contributed by atoms with Crippen LogP contribution in [0.3, 0.4) is 0 Å². The van der Waals surface area contributed by atoms with E-state index in [-0.39, 0.29) is 0 Å². The zero-order chi connectivity index (χ0) is 15.2. The van der Waals surface area contributed by atoms with Gasteiger partial charge in [0, 0.05) is 12.7 Å². The van der Waals surface area contributed by atoms with Crippen LogP contribution in [-0.2, 0) is 17.9 Å². The number of halogens is 1. The molecule has 3 heteroatoms. The number of hydrogen-bond donors (Lipinski definition) is 0. The van der Waals surface area contributed by atoms with E-state index >= 15 is 0 Å². The second-order valence-corrected chi connectivity index (χ2v) is 6.55. The first-order valence-corrected chi connectivity index (χ1v) is 8.41. The normalized spacial score (nSPS) is 14.3. The third kappa shape index (κ3) is 4.13. The molecule has 0 radical (unpaired) electrons. The van der Waals surface area contributed by atoms with Crippen LogP contribution in [0, 0.1) is 0 Å². The molecule has 0 saturated heterocycles. The molecule has 2 aromatic carbocycles. The zero-order valence-corrected chi connectivity index (χ0v) is 14.4. The SMILES string of the molecule is IC1=C(OCc2ccccc2)C=CN(Cc2ccccc2)C1. The first-order chi connectivity index (χ1) is 10.8. The summed E-state index contributed by atoms with van der Waals surface area (Å²) in [4.78, 5) is 2.30. The maximum atomic E-state index is 5.94. The molecule has 0 amide bonds. The number of rotatable bonds is 5. The van der Waals surface area contributed by atoms with Gasteiger partial charge >= 0.3 is 0 Å². The lowest BCUT2D eigenvalue weighted by Gasteiger charge is -2.25. The zero-order valence-electron chi connectivity index (χ0n) is 12.3. The van der Waals surface area contributed by atoms with E-state index in [4.69, 9.17) is 4.74 Å². The number of benzene rings is 2. The number of allylic oxidation sites excluding steroid dienone is 1. The Labute approximate surface area is 145 Å². The summed E-state index contributed by atoms with van der Waals surface area (Å²) in [5.74, 6) is 0.980. The third-order valence-corrected chi connectivity index (χ3v) is 4.38. The molecule has 1 heterocycles. The van der Waals surface area contributed by atoms with Gasteiger partial charge in [0.15, 0.2) is 0 Å². The summed E-state index contributed by atoms with van der Waals surface area (Å²) < 4.78 is 7.18. The van der Waals surface area contributed by atoms with Crippen molar-refractivity contribution in [1.82, 2.24) is 4.90 Å². The van der Waals surface area contributed by atoms with E-state index < -0.39 is 0 Å². The lowest BCUT2D eigenvalue weighted by atomic mass is 10.2. The van der Waals surface area contributed by atoms with Gasteiger partial charge in [0.05, 0.1) is 10.1 Å². The quantitative estimate of drug-likeness (QED) is 0.660. The summed E-state index contributed by atoms with van der Waals surface area (Å²) in [5.41, 5.74) is 2.52. The van der Waals surface area contributed by atoms with E-state index in [0.29, 0.717) is 6.61 Å². The Bertz CT molecular complexity index is 664. The van der Waals surface area contributed by atoms with Gasteiger partial charge in [-0.2, -0.15) is 0 Å². The van der Waals surface area contributed by atoms with Crippen molar-refractivity contribution in [1.29, 1.82) is 0 Å². The molecule has 0 aliphatic carbocycles. The fraction of sp³-hybridized carbons (Fsp3) is 0.158. The summed E-state index contributed by atoms with van der Waals surface area (Å²) in [6.07, 6.45) is 4.19. The second-order valence-electron chi connectivity index (χ2n) is 5.25. The molecule has 0 fully saturated rings. The molecule has 2 nitrogen and oxygen atoms in total. The highest BCUT2D eigenvalue weighted by Crippen LogP contribution is 2.24. The molecule has 0 saturated carbocycles. The fourth-order valence-corrected chi connectivity index (χ4v) is 3.13. The van der Waals surface area contributed by atoms with Gasteiger partial charge in [-0.15, -0.1) is 0 Å². The molecular formula is C19H18INO. The van der Waals surface area contributed by atoms with Gasteiger partial charge < -0.3 is 9.64 Å². The molecule has 3 rings (SSSR count). The summed E-state index contributed by atoms with van der Waals surface area (Å²) in [5, 5.41) is 0. The first kappa shape index (κ1) is 15.2. The molecule has 22 heavy (non-hydrogen) atoms. The molecule has 1 aliphatic heterocycles. The van der Waals surface area contributed by atoms with Crippen molar-refractivity contribution in [2.45, 2.75) is 13.2 Å². The van der Waals surface area contributed by atoms with E-state index in [1.807, 2.05) is 18.2 Å². The van der Waals surface area contributed by atoms with E-state index in [1.54, 1.807) is 0 Å². The standard InChI is InChI=1S/C19H18INO/c20-18-14-21(13-16-7-3-1-4-8-16)12-11-19(18)22-15-17-9-5-2-6-10-17/h1-12H,13-15H2. The summed E-state index contributed by atoms with van der Waals surface area (Å²) >= 11 is 2.38. The van der Waals surface area contributed by atoms with E-state index in [2.05, 4.69) is 82.2 Å². The van der Waals surface area contributed by atoms with Gasteiger partial charge in [-0.3, -0.25) is 0 Å². The van der Waals surface area contributed by atoms with Gasteiger partial charge in [-0.1, -0.05) is 60.7 Å². The smallest absolute Gasteiger partial charge is 0.132 e. The van der Waals surface area contributed by atoms with Gasteiger partial charge in [-0.25, -0.2) is 0 Å². The predicted molar refractivity (Wildman–Crippen MR) is 98.3 cm³/mol.